The van der Waals surface area contributed by atoms with Crippen molar-refractivity contribution in [3.8, 4) is 0 Å². The molecule has 0 saturated heterocycles. The number of hydrogen-bond acceptors (Lipinski definition) is 2. The highest BCUT2D eigenvalue weighted by Crippen LogP contribution is 2.35. The Hall–Kier alpha value is -0.210. The van der Waals surface area contributed by atoms with E-state index in [4.69, 9.17) is 12.6 Å². The van der Waals surface area contributed by atoms with E-state index in [1.807, 2.05) is 0 Å². The van der Waals surface area contributed by atoms with E-state index in [0.29, 0.717) is 12.0 Å². The number of thiol groups is 1. The molecule has 2 heteroatoms. The van der Waals surface area contributed by atoms with Crippen LogP contribution in [-0.2, 0) is 0 Å². The molecule has 2 aliphatic rings. The van der Waals surface area contributed by atoms with Crippen LogP contribution < -0.4 is 5.32 Å². The van der Waals surface area contributed by atoms with Crippen molar-refractivity contribution in [1.82, 2.24) is 5.32 Å². The third kappa shape index (κ3) is 5.16. The van der Waals surface area contributed by atoms with E-state index in [2.05, 4.69) is 32.3 Å². The standard InChI is InChI=1S/C20H35NS/c1-5-15(2)16(3)17-7-6-8-18(10-9-17)21-19-11-13-20(4,22)14-12-19/h17-19,21-22H,2-3,5-14H2,1,4H3. The maximum atomic E-state index is 4.76. The van der Waals surface area contributed by atoms with Crippen molar-refractivity contribution < 1.29 is 0 Å². The van der Waals surface area contributed by atoms with Crippen LogP contribution in [0.15, 0.2) is 24.3 Å². The molecule has 0 aliphatic heterocycles. The lowest BCUT2D eigenvalue weighted by Gasteiger charge is -2.35. The lowest BCUT2D eigenvalue weighted by Crippen LogP contribution is -2.42. The Morgan fingerprint density at radius 1 is 1.05 bits per heavy atom. The topological polar surface area (TPSA) is 12.0 Å². The SMILES string of the molecule is C=C(CC)C(=C)C1CCCC(NC2CCC(C)(S)CC2)CC1. The molecule has 2 rings (SSSR count). The average Bonchev–Trinajstić information content (AvgIpc) is 2.73. The van der Waals surface area contributed by atoms with Gasteiger partial charge in [-0.15, -0.1) is 0 Å². The van der Waals surface area contributed by atoms with Crippen LogP contribution in [0.5, 0.6) is 0 Å². The summed E-state index contributed by atoms with van der Waals surface area (Å²) in [6.07, 6.45) is 12.7. The summed E-state index contributed by atoms with van der Waals surface area (Å²) in [5.41, 5.74) is 2.59. The molecular weight excluding hydrogens is 286 g/mol. The average molecular weight is 322 g/mol. The molecule has 0 heterocycles. The minimum absolute atomic E-state index is 0.269. The second-order valence-electron chi connectivity index (χ2n) is 7.82. The van der Waals surface area contributed by atoms with Crippen LogP contribution in [0.2, 0.25) is 0 Å². The monoisotopic (exact) mass is 321 g/mol. The van der Waals surface area contributed by atoms with E-state index < -0.39 is 0 Å². The summed E-state index contributed by atoms with van der Waals surface area (Å²) in [5.74, 6) is 0.673. The zero-order valence-electron chi connectivity index (χ0n) is 14.7. The maximum absolute atomic E-state index is 4.76. The van der Waals surface area contributed by atoms with Gasteiger partial charge in [-0.3, -0.25) is 0 Å². The summed E-state index contributed by atoms with van der Waals surface area (Å²) in [7, 11) is 0. The van der Waals surface area contributed by atoms with E-state index in [9.17, 15) is 0 Å². The minimum atomic E-state index is 0.269. The molecule has 22 heavy (non-hydrogen) atoms. The first-order chi connectivity index (χ1) is 10.4. The van der Waals surface area contributed by atoms with Crippen molar-refractivity contribution in [2.75, 3.05) is 0 Å². The van der Waals surface area contributed by atoms with Gasteiger partial charge in [0.1, 0.15) is 0 Å². The first kappa shape index (κ1) is 18.1. The molecular formula is C20H35NS. The van der Waals surface area contributed by atoms with Crippen LogP contribution in [0.4, 0.5) is 0 Å². The minimum Gasteiger partial charge on any atom is -0.311 e. The highest BCUT2D eigenvalue weighted by molar-refractivity contribution is 7.81. The van der Waals surface area contributed by atoms with E-state index in [0.717, 1.165) is 12.5 Å². The molecule has 126 valence electrons. The number of allylic oxidation sites excluding steroid dienone is 2. The zero-order chi connectivity index (χ0) is 16.2. The lowest BCUT2D eigenvalue weighted by molar-refractivity contribution is 0.294. The fourth-order valence-corrected chi connectivity index (χ4v) is 4.33. The van der Waals surface area contributed by atoms with E-state index in [-0.39, 0.29) is 4.75 Å². The number of hydrogen-bond donors (Lipinski definition) is 2. The number of nitrogens with one attached hydrogen (secondary N) is 1. The summed E-state index contributed by atoms with van der Waals surface area (Å²) in [4.78, 5) is 0. The molecule has 1 nitrogen and oxygen atoms in total. The van der Waals surface area contributed by atoms with Gasteiger partial charge in [-0.05, 0) is 69.3 Å². The van der Waals surface area contributed by atoms with Crippen molar-refractivity contribution >= 4 is 12.6 Å². The first-order valence-corrected chi connectivity index (χ1v) is 9.71. The smallest absolute Gasteiger partial charge is 0.0103 e. The lowest BCUT2D eigenvalue weighted by atomic mass is 9.85. The van der Waals surface area contributed by atoms with Gasteiger partial charge in [-0.1, -0.05) is 39.0 Å². The van der Waals surface area contributed by atoms with Crippen molar-refractivity contribution in [2.45, 2.75) is 94.9 Å². The Labute approximate surface area is 143 Å². The molecule has 2 atom stereocenters. The van der Waals surface area contributed by atoms with E-state index in [1.165, 1.54) is 68.9 Å². The summed E-state index contributed by atoms with van der Waals surface area (Å²) in [5, 5.41) is 3.95. The van der Waals surface area contributed by atoms with Gasteiger partial charge >= 0.3 is 0 Å². The molecule has 0 aromatic heterocycles. The highest BCUT2D eigenvalue weighted by Gasteiger charge is 2.29. The van der Waals surface area contributed by atoms with Gasteiger partial charge < -0.3 is 5.32 Å². The van der Waals surface area contributed by atoms with Gasteiger partial charge in [0.05, 0.1) is 0 Å². The molecule has 0 radical (unpaired) electrons. The number of rotatable bonds is 5. The van der Waals surface area contributed by atoms with Gasteiger partial charge in [0, 0.05) is 16.8 Å². The van der Waals surface area contributed by atoms with Crippen LogP contribution in [-0.4, -0.2) is 16.8 Å². The molecule has 2 aliphatic carbocycles. The Kier molecular flexibility index (Phi) is 6.64. The van der Waals surface area contributed by atoms with Crippen molar-refractivity contribution in [2.24, 2.45) is 5.92 Å². The van der Waals surface area contributed by atoms with Gasteiger partial charge in [0.15, 0.2) is 0 Å². The first-order valence-electron chi connectivity index (χ1n) is 9.26. The molecule has 0 aromatic rings. The third-order valence-corrected chi connectivity index (χ3v) is 6.32. The zero-order valence-corrected chi connectivity index (χ0v) is 15.6. The van der Waals surface area contributed by atoms with E-state index >= 15 is 0 Å². The molecule has 2 saturated carbocycles. The van der Waals surface area contributed by atoms with Crippen LogP contribution in [0, 0.1) is 5.92 Å². The van der Waals surface area contributed by atoms with Gasteiger partial charge in [-0.25, -0.2) is 0 Å². The quantitative estimate of drug-likeness (QED) is 0.377. The summed E-state index contributed by atoms with van der Waals surface area (Å²) in [6, 6.07) is 1.43. The molecule has 0 spiro atoms. The second-order valence-corrected chi connectivity index (χ2v) is 8.90. The molecule has 0 aromatic carbocycles. The van der Waals surface area contributed by atoms with E-state index in [1.54, 1.807) is 0 Å². The molecule has 2 fully saturated rings. The Morgan fingerprint density at radius 2 is 1.68 bits per heavy atom. The summed E-state index contributed by atoms with van der Waals surface area (Å²) >= 11 is 4.76. The van der Waals surface area contributed by atoms with Crippen molar-refractivity contribution in [3.63, 3.8) is 0 Å². The molecule has 0 bridgehead atoms. The van der Waals surface area contributed by atoms with Gasteiger partial charge in [-0.2, -0.15) is 12.6 Å². The third-order valence-electron chi connectivity index (χ3n) is 5.88. The molecule has 0 amide bonds. The Balaban J connectivity index is 1.79. The molecule has 1 N–H and O–H groups in total. The summed E-state index contributed by atoms with van der Waals surface area (Å²) in [6.45, 7) is 13.0. The summed E-state index contributed by atoms with van der Waals surface area (Å²) < 4.78 is 0.269. The largest absolute Gasteiger partial charge is 0.311 e. The van der Waals surface area contributed by atoms with Crippen LogP contribution in [0.25, 0.3) is 0 Å². The fourth-order valence-electron chi connectivity index (χ4n) is 4.07. The highest BCUT2D eigenvalue weighted by atomic mass is 32.1. The second kappa shape index (κ2) is 8.06. The van der Waals surface area contributed by atoms with Crippen LogP contribution in [0.3, 0.4) is 0 Å². The Bertz CT molecular complexity index is 389. The fraction of sp³-hybridized carbons (Fsp3) is 0.800. The Morgan fingerprint density at radius 3 is 2.32 bits per heavy atom. The predicted octanol–water partition coefficient (Wildman–Crippen LogP) is 5.68. The van der Waals surface area contributed by atoms with Crippen LogP contribution in [0.1, 0.15) is 78.1 Å². The van der Waals surface area contributed by atoms with Crippen molar-refractivity contribution in [1.29, 1.82) is 0 Å². The molecule has 2 unspecified atom stereocenters. The van der Waals surface area contributed by atoms with Crippen LogP contribution >= 0.6 is 12.6 Å². The van der Waals surface area contributed by atoms with Crippen molar-refractivity contribution in [3.05, 3.63) is 24.3 Å². The van der Waals surface area contributed by atoms with Gasteiger partial charge in [0.25, 0.3) is 0 Å². The van der Waals surface area contributed by atoms with Gasteiger partial charge in [0.2, 0.25) is 0 Å². The normalized spacial score (nSPS) is 36.6. The predicted molar refractivity (Wildman–Crippen MR) is 102 cm³/mol. The maximum Gasteiger partial charge on any atom is 0.0103 e.